The van der Waals surface area contributed by atoms with Crippen LogP contribution in [0.1, 0.15) is 23.8 Å². The summed E-state index contributed by atoms with van der Waals surface area (Å²) in [5, 5.41) is 2.98. The molecule has 0 spiro atoms. The third-order valence-electron chi connectivity index (χ3n) is 2.85. The number of carbonyl (C=O) groups excluding carboxylic acids is 1. The number of nitrogens with one attached hydrogen (secondary N) is 1. The average Bonchev–Trinajstić information content (AvgIpc) is 2.78. The van der Waals surface area contributed by atoms with Gasteiger partial charge in [-0.25, -0.2) is 4.98 Å². The van der Waals surface area contributed by atoms with Crippen molar-refractivity contribution in [1.82, 2.24) is 20.2 Å². The molecule has 1 amide bonds. The van der Waals surface area contributed by atoms with Crippen molar-refractivity contribution in [2.24, 2.45) is 0 Å². The summed E-state index contributed by atoms with van der Waals surface area (Å²) in [6, 6.07) is 0.245. The number of amides is 1. The molecule has 0 aromatic carbocycles. The normalized spacial score (nSPS) is 20.9. The molecule has 1 aromatic heterocycles. The quantitative estimate of drug-likeness (QED) is 0.796. The largest absolute Gasteiger partial charge is 0.347 e. The molecule has 5 nitrogen and oxygen atoms in total. The SMILES string of the molecule is CCN1CC[C@H](NC(=O)c2cnccn2)C1. The predicted octanol–water partition coefficient (Wildman–Crippen LogP) is 0.301. The monoisotopic (exact) mass is 220 g/mol. The zero-order valence-corrected chi connectivity index (χ0v) is 9.39. The van der Waals surface area contributed by atoms with Crippen molar-refractivity contribution in [3.05, 3.63) is 24.3 Å². The fourth-order valence-corrected chi connectivity index (χ4v) is 1.91. The highest BCUT2D eigenvalue weighted by atomic mass is 16.2. The lowest BCUT2D eigenvalue weighted by atomic mass is 10.2. The maximum absolute atomic E-state index is 11.8. The number of aromatic nitrogens is 2. The Labute approximate surface area is 94.9 Å². The first-order chi connectivity index (χ1) is 7.79. The molecule has 1 aliphatic heterocycles. The molecule has 86 valence electrons. The Balaban J connectivity index is 1.89. The Morgan fingerprint density at radius 2 is 2.50 bits per heavy atom. The molecule has 0 saturated carbocycles. The predicted molar refractivity (Wildman–Crippen MR) is 60.0 cm³/mol. The van der Waals surface area contributed by atoms with Crippen molar-refractivity contribution >= 4 is 5.91 Å². The smallest absolute Gasteiger partial charge is 0.271 e. The van der Waals surface area contributed by atoms with E-state index in [0.717, 1.165) is 26.1 Å². The molecule has 1 saturated heterocycles. The number of hydrogen-bond acceptors (Lipinski definition) is 4. The Morgan fingerprint density at radius 1 is 1.62 bits per heavy atom. The molecule has 1 atom stereocenters. The van der Waals surface area contributed by atoms with Crippen LogP contribution in [-0.2, 0) is 0 Å². The van der Waals surface area contributed by atoms with Gasteiger partial charge in [0.25, 0.3) is 5.91 Å². The second-order valence-corrected chi connectivity index (χ2v) is 3.94. The van der Waals surface area contributed by atoms with Crippen LogP contribution in [0.5, 0.6) is 0 Å². The van der Waals surface area contributed by atoms with Crippen molar-refractivity contribution in [3.63, 3.8) is 0 Å². The molecule has 2 heterocycles. The van der Waals surface area contributed by atoms with Crippen LogP contribution >= 0.6 is 0 Å². The van der Waals surface area contributed by atoms with Crippen molar-refractivity contribution in [1.29, 1.82) is 0 Å². The summed E-state index contributed by atoms with van der Waals surface area (Å²) >= 11 is 0. The number of carbonyl (C=O) groups is 1. The first kappa shape index (κ1) is 11.0. The van der Waals surface area contributed by atoms with Crippen LogP contribution < -0.4 is 5.32 Å². The summed E-state index contributed by atoms with van der Waals surface area (Å²) in [4.78, 5) is 21.9. The summed E-state index contributed by atoms with van der Waals surface area (Å²) in [6.07, 6.45) is 5.59. The molecule has 0 unspecified atom stereocenters. The van der Waals surface area contributed by atoms with E-state index in [1.165, 1.54) is 12.4 Å². The van der Waals surface area contributed by atoms with Crippen molar-refractivity contribution in [2.75, 3.05) is 19.6 Å². The van der Waals surface area contributed by atoms with Gasteiger partial charge in [0.05, 0.1) is 6.20 Å². The summed E-state index contributed by atoms with van der Waals surface area (Å²) in [5.74, 6) is -0.129. The molecule has 0 radical (unpaired) electrons. The van der Waals surface area contributed by atoms with E-state index < -0.39 is 0 Å². The van der Waals surface area contributed by atoms with Crippen LogP contribution in [0.4, 0.5) is 0 Å². The van der Waals surface area contributed by atoms with Crippen LogP contribution in [0, 0.1) is 0 Å². The molecule has 0 bridgehead atoms. The maximum Gasteiger partial charge on any atom is 0.271 e. The zero-order chi connectivity index (χ0) is 11.4. The van der Waals surface area contributed by atoms with Gasteiger partial charge >= 0.3 is 0 Å². The molecule has 1 aliphatic rings. The minimum Gasteiger partial charge on any atom is -0.347 e. The van der Waals surface area contributed by atoms with Gasteiger partial charge < -0.3 is 10.2 Å². The van der Waals surface area contributed by atoms with E-state index in [1.54, 1.807) is 6.20 Å². The topological polar surface area (TPSA) is 58.1 Å². The van der Waals surface area contributed by atoms with Gasteiger partial charge in [0.2, 0.25) is 0 Å². The van der Waals surface area contributed by atoms with Crippen molar-refractivity contribution < 1.29 is 4.79 Å². The lowest BCUT2D eigenvalue weighted by Crippen LogP contribution is -2.37. The van der Waals surface area contributed by atoms with Crippen molar-refractivity contribution in [3.8, 4) is 0 Å². The van der Waals surface area contributed by atoms with E-state index >= 15 is 0 Å². The minimum atomic E-state index is -0.129. The van der Waals surface area contributed by atoms with E-state index in [-0.39, 0.29) is 11.9 Å². The molecule has 16 heavy (non-hydrogen) atoms. The van der Waals surface area contributed by atoms with Crippen LogP contribution in [0.25, 0.3) is 0 Å². The lowest BCUT2D eigenvalue weighted by Gasteiger charge is -2.14. The van der Waals surface area contributed by atoms with E-state index in [1.807, 2.05) is 0 Å². The molecule has 2 rings (SSSR count). The molecule has 1 aromatic rings. The highest BCUT2D eigenvalue weighted by Crippen LogP contribution is 2.08. The third kappa shape index (κ3) is 2.55. The Hall–Kier alpha value is -1.49. The van der Waals surface area contributed by atoms with Gasteiger partial charge in [0.1, 0.15) is 5.69 Å². The highest BCUT2D eigenvalue weighted by molar-refractivity contribution is 5.92. The Bertz CT molecular complexity index is 354. The maximum atomic E-state index is 11.8. The minimum absolute atomic E-state index is 0.129. The third-order valence-corrected chi connectivity index (χ3v) is 2.85. The second-order valence-electron chi connectivity index (χ2n) is 3.94. The fraction of sp³-hybridized carbons (Fsp3) is 0.545. The molecular weight excluding hydrogens is 204 g/mol. The van der Waals surface area contributed by atoms with Gasteiger partial charge in [0, 0.05) is 31.5 Å². The van der Waals surface area contributed by atoms with Crippen LogP contribution in [0.2, 0.25) is 0 Å². The molecular formula is C11H16N4O. The highest BCUT2D eigenvalue weighted by Gasteiger charge is 2.23. The molecule has 5 heteroatoms. The number of likely N-dealkylation sites (tertiary alicyclic amines) is 1. The molecule has 1 fully saturated rings. The zero-order valence-electron chi connectivity index (χ0n) is 9.39. The lowest BCUT2D eigenvalue weighted by molar-refractivity contribution is 0.0932. The van der Waals surface area contributed by atoms with Crippen LogP contribution in [0.15, 0.2) is 18.6 Å². The van der Waals surface area contributed by atoms with Gasteiger partial charge in [-0.15, -0.1) is 0 Å². The van der Waals surface area contributed by atoms with Gasteiger partial charge in [-0.2, -0.15) is 0 Å². The standard InChI is InChI=1S/C11H16N4O/c1-2-15-6-3-9(8-15)14-11(16)10-7-12-4-5-13-10/h4-5,7,9H,2-3,6,8H2,1H3,(H,14,16)/t9-/m0/s1. The summed E-state index contributed by atoms with van der Waals surface area (Å²) < 4.78 is 0. The average molecular weight is 220 g/mol. The number of likely N-dealkylation sites (N-methyl/N-ethyl adjacent to an activating group) is 1. The first-order valence-corrected chi connectivity index (χ1v) is 5.59. The first-order valence-electron chi connectivity index (χ1n) is 5.59. The van der Waals surface area contributed by atoms with E-state index in [0.29, 0.717) is 5.69 Å². The van der Waals surface area contributed by atoms with Crippen LogP contribution in [0.3, 0.4) is 0 Å². The Kier molecular flexibility index (Phi) is 3.46. The van der Waals surface area contributed by atoms with Gasteiger partial charge in [0.15, 0.2) is 0 Å². The Morgan fingerprint density at radius 3 is 3.12 bits per heavy atom. The summed E-state index contributed by atoms with van der Waals surface area (Å²) in [7, 11) is 0. The van der Waals surface area contributed by atoms with Gasteiger partial charge in [-0.3, -0.25) is 9.78 Å². The van der Waals surface area contributed by atoms with E-state index in [2.05, 4.69) is 27.1 Å². The summed E-state index contributed by atoms with van der Waals surface area (Å²) in [5.41, 5.74) is 0.387. The second kappa shape index (κ2) is 5.03. The fourth-order valence-electron chi connectivity index (χ4n) is 1.91. The summed E-state index contributed by atoms with van der Waals surface area (Å²) in [6.45, 7) is 5.16. The van der Waals surface area contributed by atoms with E-state index in [9.17, 15) is 4.79 Å². The number of hydrogen-bond donors (Lipinski definition) is 1. The van der Waals surface area contributed by atoms with Crippen molar-refractivity contribution in [2.45, 2.75) is 19.4 Å². The number of rotatable bonds is 3. The number of nitrogens with zero attached hydrogens (tertiary/aromatic N) is 3. The van der Waals surface area contributed by atoms with Gasteiger partial charge in [-0.1, -0.05) is 6.92 Å². The van der Waals surface area contributed by atoms with Gasteiger partial charge in [-0.05, 0) is 13.0 Å². The molecule has 1 N–H and O–H groups in total. The van der Waals surface area contributed by atoms with E-state index in [4.69, 9.17) is 0 Å². The van der Waals surface area contributed by atoms with Crippen LogP contribution in [-0.4, -0.2) is 46.5 Å². The molecule has 0 aliphatic carbocycles.